The zero-order valence-electron chi connectivity index (χ0n) is 12.9. The highest BCUT2D eigenvalue weighted by Crippen LogP contribution is 2.20. The maximum Gasteiger partial charge on any atom is 0.208 e. The molecule has 3 rings (SSSR count). The molecule has 0 aliphatic rings. The number of aromatic amines is 1. The van der Waals surface area contributed by atoms with Crippen LogP contribution in [-0.2, 0) is 0 Å². The van der Waals surface area contributed by atoms with Gasteiger partial charge in [-0.15, -0.1) is 5.10 Å². The van der Waals surface area contributed by atoms with E-state index < -0.39 is 0 Å². The molecule has 24 heavy (non-hydrogen) atoms. The normalized spacial score (nSPS) is 10.7. The molecule has 0 unspecified atom stereocenters. The number of rotatable bonds is 7. The Bertz CT molecular complexity index is 803. The van der Waals surface area contributed by atoms with E-state index in [0.717, 1.165) is 33.6 Å². The molecule has 1 aromatic heterocycles. The first kappa shape index (κ1) is 16.9. The molecule has 4 nitrogen and oxygen atoms in total. The van der Waals surface area contributed by atoms with Crippen molar-refractivity contribution < 1.29 is 4.79 Å². The third kappa shape index (κ3) is 4.55. The van der Waals surface area contributed by atoms with Crippen molar-refractivity contribution in [3.8, 4) is 11.4 Å². The van der Waals surface area contributed by atoms with Crippen molar-refractivity contribution in [3.63, 3.8) is 0 Å². The summed E-state index contributed by atoms with van der Waals surface area (Å²) in [6.45, 7) is 0. The number of benzene rings is 2. The second-order valence-corrected chi connectivity index (χ2v) is 7.19. The van der Waals surface area contributed by atoms with Crippen molar-refractivity contribution in [2.45, 2.75) is 18.0 Å². The minimum atomic E-state index is 0.170. The molecular formula is C18H16BrN3OS. The largest absolute Gasteiger partial charge is 0.294 e. The monoisotopic (exact) mass is 401 g/mol. The van der Waals surface area contributed by atoms with Gasteiger partial charge in [-0.05, 0) is 18.6 Å². The Hall–Kier alpha value is -1.92. The summed E-state index contributed by atoms with van der Waals surface area (Å²) in [5.74, 6) is 1.75. The van der Waals surface area contributed by atoms with Gasteiger partial charge in [-0.25, -0.2) is 4.98 Å². The Balaban J connectivity index is 1.46. The van der Waals surface area contributed by atoms with E-state index in [1.807, 2.05) is 54.6 Å². The van der Waals surface area contributed by atoms with Crippen LogP contribution in [0.3, 0.4) is 0 Å². The minimum Gasteiger partial charge on any atom is -0.294 e. The van der Waals surface area contributed by atoms with Crippen LogP contribution in [0.25, 0.3) is 11.4 Å². The van der Waals surface area contributed by atoms with Crippen LogP contribution in [-0.4, -0.2) is 26.7 Å². The molecule has 122 valence electrons. The molecule has 0 amide bonds. The molecule has 0 spiro atoms. The SMILES string of the molecule is O=C(CCCSc1n[nH]c(-c2ccccc2)n1)c1ccc(Br)cc1. The van der Waals surface area contributed by atoms with Crippen LogP contribution >= 0.6 is 27.7 Å². The van der Waals surface area contributed by atoms with Crippen molar-refractivity contribution in [3.05, 3.63) is 64.6 Å². The summed E-state index contributed by atoms with van der Waals surface area (Å²) < 4.78 is 0.980. The quantitative estimate of drug-likeness (QED) is 0.344. The van der Waals surface area contributed by atoms with Gasteiger partial charge < -0.3 is 0 Å². The first-order valence-corrected chi connectivity index (χ1v) is 9.39. The van der Waals surface area contributed by atoms with Gasteiger partial charge in [0.2, 0.25) is 5.16 Å². The summed E-state index contributed by atoms with van der Waals surface area (Å²) in [4.78, 5) is 16.6. The summed E-state index contributed by atoms with van der Waals surface area (Å²) in [5.41, 5.74) is 1.77. The maximum atomic E-state index is 12.1. The van der Waals surface area contributed by atoms with Crippen molar-refractivity contribution in [2.24, 2.45) is 0 Å². The Morgan fingerprint density at radius 2 is 1.83 bits per heavy atom. The number of halogens is 1. The topological polar surface area (TPSA) is 58.6 Å². The van der Waals surface area contributed by atoms with Crippen LogP contribution in [0, 0.1) is 0 Å². The van der Waals surface area contributed by atoms with Gasteiger partial charge in [0, 0.05) is 27.8 Å². The van der Waals surface area contributed by atoms with Gasteiger partial charge >= 0.3 is 0 Å². The van der Waals surface area contributed by atoms with Gasteiger partial charge in [-0.2, -0.15) is 0 Å². The molecule has 0 saturated heterocycles. The molecule has 3 aromatic rings. The fraction of sp³-hybridized carbons (Fsp3) is 0.167. The number of carbonyl (C=O) groups is 1. The summed E-state index contributed by atoms with van der Waals surface area (Å²) in [6.07, 6.45) is 1.33. The predicted octanol–water partition coefficient (Wildman–Crippen LogP) is 4.99. The van der Waals surface area contributed by atoms with E-state index in [1.165, 1.54) is 0 Å². The zero-order chi connectivity index (χ0) is 16.8. The number of ketones is 1. The van der Waals surface area contributed by atoms with E-state index in [9.17, 15) is 4.79 Å². The molecule has 0 atom stereocenters. The van der Waals surface area contributed by atoms with Gasteiger partial charge in [0.25, 0.3) is 0 Å². The summed E-state index contributed by atoms with van der Waals surface area (Å²) in [5, 5.41) is 7.88. The number of H-pyrrole nitrogens is 1. The molecule has 0 fully saturated rings. The molecule has 1 heterocycles. The smallest absolute Gasteiger partial charge is 0.208 e. The Morgan fingerprint density at radius 3 is 2.58 bits per heavy atom. The highest BCUT2D eigenvalue weighted by Gasteiger charge is 2.08. The summed E-state index contributed by atoms with van der Waals surface area (Å²) in [6, 6.07) is 17.4. The number of hydrogen-bond donors (Lipinski definition) is 1. The second kappa shape index (κ2) is 8.26. The summed E-state index contributed by atoms with van der Waals surface area (Å²) in [7, 11) is 0. The number of nitrogens with zero attached hydrogens (tertiary/aromatic N) is 2. The van der Waals surface area contributed by atoms with Crippen LogP contribution in [0.1, 0.15) is 23.2 Å². The lowest BCUT2D eigenvalue weighted by Gasteiger charge is -2.00. The van der Waals surface area contributed by atoms with E-state index in [1.54, 1.807) is 11.8 Å². The number of carbonyl (C=O) groups excluding carboxylic acids is 1. The van der Waals surface area contributed by atoms with E-state index in [4.69, 9.17) is 0 Å². The number of Topliss-reactive ketones (excluding diaryl/α,β-unsaturated/α-hetero) is 1. The number of nitrogens with one attached hydrogen (secondary N) is 1. The maximum absolute atomic E-state index is 12.1. The molecule has 0 bridgehead atoms. The number of thioether (sulfide) groups is 1. The van der Waals surface area contributed by atoms with Gasteiger partial charge in [-0.1, -0.05) is 70.2 Å². The predicted molar refractivity (Wildman–Crippen MR) is 100 cm³/mol. The van der Waals surface area contributed by atoms with E-state index in [-0.39, 0.29) is 5.78 Å². The van der Waals surface area contributed by atoms with Crippen LogP contribution in [0.4, 0.5) is 0 Å². The molecule has 0 radical (unpaired) electrons. The first-order valence-electron chi connectivity index (χ1n) is 7.62. The number of aromatic nitrogens is 3. The third-order valence-electron chi connectivity index (χ3n) is 3.46. The molecule has 2 aromatic carbocycles. The van der Waals surface area contributed by atoms with Crippen LogP contribution in [0.15, 0.2) is 64.2 Å². The Morgan fingerprint density at radius 1 is 1.08 bits per heavy atom. The summed E-state index contributed by atoms with van der Waals surface area (Å²) >= 11 is 4.93. The van der Waals surface area contributed by atoms with Crippen molar-refractivity contribution in [1.29, 1.82) is 0 Å². The first-order chi connectivity index (χ1) is 11.7. The highest BCUT2D eigenvalue weighted by molar-refractivity contribution is 9.10. The van der Waals surface area contributed by atoms with Crippen molar-refractivity contribution in [1.82, 2.24) is 15.2 Å². The lowest BCUT2D eigenvalue weighted by Crippen LogP contribution is -1.99. The standard InChI is InChI=1S/C18H16BrN3OS/c19-15-10-8-13(9-11-15)16(23)7-4-12-24-18-20-17(21-22-18)14-5-2-1-3-6-14/h1-3,5-6,8-11H,4,7,12H2,(H,20,21,22). The van der Waals surface area contributed by atoms with Gasteiger partial charge in [0.15, 0.2) is 11.6 Å². The molecule has 1 N–H and O–H groups in total. The fourth-order valence-corrected chi connectivity index (χ4v) is 3.21. The lowest BCUT2D eigenvalue weighted by atomic mass is 10.1. The fourth-order valence-electron chi connectivity index (χ4n) is 2.21. The van der Waals surface area contributed by atoms with E-state index >= 15 is 0 Å². The Kier molecular flexibility index (Phi) is 5.82. The average Bonchev–Trinajstić information content (AvgIpc) is 3.09. The van der Waals surface area contributed by atoms with E-state index in [0.29, 0.717) is 11.6 Å². The van der Waals surface area contributed by atoms with Gasteiger partial charge in [0.1, 0.15) is 0 Å². The van der Waals surface area contributed by atoms with Crippen molar-refractivity contribution in [2.75, 3.05) is 5.75 Å². The molecule has 6 heteroatoms. The highest BCUT2D eigenvalue weighted by atomic mass is 79.9. The zero-order valence-corrected chi connectivity index (χ0v) is 15.3. The minimum absolute atomic E-state index is 0.170. The second-order valence-electron chi connectivity index (χ2n) is 5.21. The third-order valence-corrected chi connectivity index (χ3v) is 4.92. The molecule has 0 aliphatic heterocycles. The molecule has 0 saturated carbocycles. The molecular weight excluding hydrogens is 386 g/mol. The number of hydrogen-bond acceptors (Lipinski definition) is 4. The van der Waals surface area contributed by atoms with Gasteiger partial charge in [0.05, 0.1) is 0 Å². The van der Waals surface area contributed by atoms with Gasteiger partial charge in [-0.3, -0.25) is 9.89 Å². The average molecular weight is 402 g/mol. The van der Waals surface area contributed by atoms with Crippen LogP contribution < -0.4 is 0 Å². The van der Waals surface area contributed by atoms with Crippen LogP contribution in [0.5, 0.6) is 0 Å². The van der Waals surface area contributed by atoms with Crippen LogP contribution in [0.2, 0.25) is 0 Å². The molecule has 0 aliphatic carbocycles. The van der Waals surface area contributed by atoms with Crippen molar-refractivity contribution >= 4 is 33.5 Å². The lowest BCUT2D eigenvalue weighted by molar-refractivity contribution is 0.0982. The Labute approximate surface area is 153 Å². The van der Waals surface area contributed by atoms with E-state index in [2.05, 4.69) is 31.1 Å².